The fourth-order valence-electron chi connectivity index (χ4n) is 4.83. The topological polar surface area (TPSA) is 71.3 Å². The molecule has 1 heterocycles. The largest absolute Gasteiger partial charge is 0.478 e. The third-order valence-electron chi connectivity index (χ3n) is 7.12. The SMILES string of the molecule is Cc1c(C)n(Cc2ccc(-c3ccccc3C(=O)O)cc2)c2ccc(C(=O)NCc3ccc(Cl)cc3Cl)cc12. The van der Waals surface area contributed by atoms with E-state index in [1.54, 1.807) is 30.3 Å². The molecular formula is C32H26Cl2N2O3. The Morgan fingerprint density at radius 1 is 0.897 bits per heavy atom. The van der Waals surface area contributed by atoms with E-state index < -0.39 is 5.97 Å². The lowest BCUT2D eigenvalue weighted by Gasteiger charge is -2.11. The van der Waals surface area contributed by atoms with Crippen LogP contribution in [0.3, 0.4) is 0 Å². The normalized spacial score (nSPS) is 11.1. The van der Waals surface area contributed by atoms with E-state index >= 15 is 0 Å². The summed E-state index contributed by atoms with van der Waals surface area (Å²) in [4.78, 5) is 24.5. The third kappa shape index (κ3) is 5.42. The predicted molar refractivity (Wildman–Crippen MR) is 157 cm³/mol. The van der Waals surface area contributed by atoms with Crippen molar-refractivity contribution in [2.75, 3.05) is 0 Å². The Hall–Kier alpha value is -4.06. The van der Waals surface area contributed by atoms with Gasteiger partial charge in [0.1, 0.15) is 0 Å². The molecule has 0 unspecified atom stereocenters. The molecule has 4 aromatic carbocycles. The van der Waals surface area contributed by atoms with Crippen molar-refractivity contribution in [1.82, 2.24) is 9.88 Å². The molecule has 1 aromatic heterocycles. The van der Waals surface area contributed by atoms with Gasteiger partial charge in [-0.25, -0.2) is 4.79 Å². The van der Waals surface area contributed by atoms with Gasteiger partial charge in [-0.15, -0.1) is 0 Å². The first kappa shape index (κ1) is 26.5. The smallest absolute Gasteiger partial charge is 0.336 e. The summed E-state index contributed by atoms with van der Waals surface area (Å²) >= 11 is 12.2. The fourth-order valence-corrected chi connectivity index (χ4v) is 5.31. The van der Waals surface area contributed by atoms with Crippen LogP contribution in [-0.4, -0.2) is 21.6 Å². The van der Waals surface area contributed by atoms with Crippen molar-refractivity contribution >= 4 is 46.0 Å². The predicted octanol–water partition coefficient (Wildman–Crippen LogP) is 7.91. The van der Waals surface area contributed by atoms with E-state index in [1.165, 1.54) is 0 Å². The minimum absolute atomic E-state index is 0.176. The van der Waals surface area contributed by atoms with Crippen molar-refractivity contribution in [3.63, 3.8) is 0 Å². The first-order chi connectivity index (χ1) is 18.7. The summed E-state index contributed by atoms with van der Waals surface area (Å²) in [6.45, 7) is 5.10. The highest BCUT2D eigenvalue weighted by atomic mass is 35.5. The molecule has 39 heavy (non-hydrogen) atoms. The molecule has 5 nitrogen and oxygen atoms in total. The summed E-state index contributed by atoms with van der Waals surface area (Å²) in [5.74, 6) is -1.12. The number of aromatic nitrogens is 1. The zero-order valence-electron chi connectivity index (χ0n) is 21.5. The van der Waals surface area contributed by atoms with Gasteiger partial charge in [0.05, 0.1) is 5.56 Å². The van der Waals surface area contributed by atoms with Crippen LogP contribution >= 0.6 is 23.2 Å². The Labute approximate surface area is 236 Å². The van der Waals surface area contributed by atoms with E-state index in [2.05, 4.69) is 23.7 Å². The van der Waals surface area contributed by atoms with E-state index in [4.69, 9.17) is 23.2 Å². The Morgan fingerprint density at radius 2 is 1.64 bits per heavy atom. The van der Waals surface area contributed by atoms with Gasteiger partial charge < -0.3 is 15.0 Å². The maximum Gasteiger partial charge on any atom is 0.336 e. The molecular weight excluding hydrogens is 531 g/mol. The van der Waals surface area contributed by atoms with Gasteiger partial charge in [-0.1, -0.05) is 71.7 Å². The zero-order chi connectivity index (χ0) is 27.7. The summed E-state index contributed by atoms with van der Waals surface area (Å²) in [7, 11) is 0. The number of carboxylic acid groups (broad SMARTS) is 1. The average Bonchev–Trinajstić information content (AvgIpc) is 3.17. The molecule has 0 spiro atoms. The van der Waals surface area contributed by atoms with Crippen LogP contribution < -0.4 is 5.32 Å². The van der Waals surface area contributed by atoms with Crippen molar-refractivity contribution in [1.29, 1.82) is 0 Å². The standard InChI is InChI=1S/C32H26Cl2N2O3/c1-19-20(2)36(18-21-7-9-22(10-8-21)26-5-3-4-6-27(26)32(38)39)30-14-12-23(15-28(19)30)31(37)35-17-24-11-13-25(33)16-29(24)34/h3-16H,17-18H2,1-2H3,(H,35,37)(H,38,39). The van der Waals surface area contributed by atoms with Crippen LogP contribution in [0.5, 0.6) is 0 Å². The molecule has 5 rings (SSSR count). The molecule has 7 heteroatoms. The number of carbonyl (C=O) groups is 2. The van der Waals surface area contributed by atoms with Crippen LogP contribution in [-0.2, 0) is 13.1 Å². The van der Waals surface area contributed by atoms with Crippen LogP contribution in [0.4, 0.5) is 0 Å². The molecule has 0 atom stereocenters. The van der Waals surface area contributed by atoms with Gasteiger partial charge in [-0.2, -0.15) is 0 Å². The van der Waals surface area contributed by atoms with Gasteiger partial charge in [0.2, 0.25) is 0 Å². The molecule has 0 saturated carbocycles. The second-order valence-electron chi connectivity index (χ2n) is 9.49. The number of benzene rings is 4. The molecule has 2 N–H and O–H groups in total. The minimum atomic E-state index is -0.943. The van der Waals surface area contributed by atoms with Gasteiger partial charge in [-0.3, -0.25) is 4.79 Å². The Bertz CT molecular complexity index is 1720. The average molecular weight is 557 g/mol. The van der Waals surface area contributed by atoms with Crippen LogP contribution in [0.25, 0.3) is 22.0 Å². The van der Waals surface area contributed by atoms with Crippen LogP contribution in [0, 0.1) is 13.8 Å². The Morgan fingerprint density at radius 3 is 2.36 bits per heavy atom. The maximum absolute atomic E-state index is 12.9. The number of nitrogens with one attached hydrogen (secondary N) is 1. The molecule has 196 valence electrons. The summed E-state index contributed by atoms with van der Waals surface area (Å²) in [6.07, 6.45) is 0. The molecule has 1 amide bonds. The van der Waals surface area contributed by atoms with Gasteiger partial charge in [0.15, 0.2) is 0 Å². The highest BCUT2D eigenvalue weighted by Gasteiger charge is 2.15. The fraction of sp³-hybridized carbons (Fsp3) is 0.125. The van der Waals surface area contributed by atoms with E-state index in [9.17, 15) is 14.7 Å². The van der Waals surface area contributed by atoms with E-state index in [0.717, 1.165) is 38.9 Å². The molecule has 0 radical (unpaired) electrons. The number of aromatic carboxylic acids is 1. The number of hydrogen-bond acceptors (Lipinski definition) is 2. The van der Waals surface area contributed by atoms with Gasteiger partial charge in [-0.05, 0) is 78.1 Å². The number of carboxylic acids is 1. The summed E-state index contributed by atoms with van der Waals surface area (Å²) in [5, 5.41) is 14.6. The molecule has 0 bridgehead atoms. The van der Waals surface area contributed by atoms with Gasteiger partial charge in [0, 0.05) is 45.3 Å². The molecule has 0 aliphatic carbocycles. The van der Waals surface area contributed by atoms with Crippen molar-refractivity contribution in [2.45, 2.75) is 26.9 Å². The molecule has 0 aliphatic rings. The number of nitrogens with zero attached hydrogens (tertiary/aromatic N) is 1. The lowest BCUT2D eigenvalue weighted by atomic mass is 9.99. The first-order valence-electron chi connectivity index (χ1n) is 12.5. The minimum Gasteiger partial charge on any atom is -0.478 e. The first-order valence-corrected chi connectivity index (χ1v) is 13.2. The highest BCUT2D eigenvalue weighted by molar-refractivity contribution is 6.35. The van der Waals surface area contributed by atoms with Crippen LogP contribution in [0.15, 0.2) is 84.9 Å². The number of halogens is 2. The number of carbonyl (C=O) groups excluding carboxylic acids is 1. The monoisotopic (exact) mass is 556 g/mol. The summed E-state index contributed by atoms with van der Waals surface area (Å²) < 4.78 is 2.24. The summed E-state index contributed by atoms with van der Waals surface area (Å²) in [6, 6.07) is 25.9. The number of hydrogen-bond donors (Lipinski definition) is 2. The Kier molecular flexibility index (Phi) is 7.47. The highest BCUT2D eigenvalue weighted by Crippen LogP contribution is 2.29. The van der Waals surface area contributed by atoms with Crippen molar-refractivity contribution in [3.8, 4) is 11.1 Å². The molecule has 5 aromatic rings. The quantitative estimate of drug-likeness (QED) is 0.214. The second-order valence-corrected chi connectivity index (χ2v) is 10.3. The summed E-state index contributed by atoms with van der Waals surface area (Å²) in [5.41, 5.74) is 7.58. The van der Waals surface area contributed by atoms with Crippen molar-refractivity contribution < 1.29 is 14.7 Å². The lowest BCUT2D eigenvalue weighted by molar-refractivity contribution is 0.0697. The maximum atomic E-state index is 12.9. The van der Waals surface area contributed by atoms with Crippen LogP contribution in [0.2, 0.25) is 10.0 Å². The molecule has 0 fully saturated rings. The van der Waals surface area contributed by atoms with Crippen LogP contribution in [0.1, 0.15) is 43.1 Å². The number of amides is 1. The van der Waals surface area contributed by atoms with Crippen molar-refractivity contribution in [3.05, 3.63) is 128 Å². The molecule has 0 saturated heterocycles. The van der Waals surface area contributed by atoms with E-state index in [0.29, 0.717) is 34.3 Å². The Balaban J connectivity index is 1.37. The van der Waals surface area contributed by atoms with Gasteiger partial charge in [0.25, 0.3) is 5.91 Å². The number of rotatable bonds is 7. The van der Waals surface area contributed by atoms with Gasteiger partial charge >= 0.3 is 5.97 Å². The van der Waals surface area contributed by atoms with E-state index in [1.807, 2.05) is 54.6 Å². The third-order valence-corrected chi connectivity index (χ3v) is 7.71. The zero-order valence-corrected chi connectivity index (χ0v) is 23.0. The lowest BCUT2D eigenvalue weighted by Crippen LogP contribution is -2.22. The molecule has 0 aliphatic heterocycles. The number of fused-ring (bicyclic) bond motifs is 1. The second kappa shape index (κ2) is 11.0. The van der Waals surface area contributed by atoms with E-state index in [-0.39, 0.29) is 11.5 Å². The van der Waals surface area contributed by atoms with Crippen molar-refractivity contribution in [2.24, 2.45) is 0 Å². The number of aryl methyl sites for hydroxylation is 1.